The smallest absolute Gasteiger partial charge is 0.103 e. The van der Waals surface area contributed by atoms with E-state index in [-0.39, 0.29) is 10.8 Å². The van der Waals surface area contributed by atoms with Gasteiger partial charge in [-0.2, -0.15) is 0 Å². The van der Waals surface area contributed by atoms with Crippen molar-refractivity contribution in [1.82, 2.24) is 5.32 Å². The molecule has 2 nitrogen and oxygen atoms in total. The van der Waals surface area contributed by atoms with Gasteiger partial charge >= 0.3 is 0 Å². The molecular weight excluding hydrogens is 629 g/mol. The van der Waals surface area contributed by atoms with E-state index in [1.54, 1.807) is 6.08 Å². The molecule has 0 aliphatic rings. The second-order valence-corrected chi connectivity index (χ2v) is 14.2. The molecule has 0 radical (unpaired) electrons. The first-order valence-electron chi connectivity index (χ1n) is 20.9. The van der Waals surface area contributed by atoms with Crippen LogP contribution in [0.25, 0.3) is 5.57 Å². The minimum atomic E-state index is 0.124. The molecule has 1 unspecified atom stereocenters. The minimum Gasteiger partial charge on any atom is -0.348 e. The number of rotatable bonds is 15. The lowest BCUT2D eigenvalue weighted by atomic mass is 9.78. The molecule has 0 spiro atoms. The maximum absolute atomic E-state index is 4.56. The Morgan fingerprint density at radius 2 is 1.37 bits per heavy atom. The van der Waals surface area contributed by atoms with Gasteiger partial charge in [0.2, 0.25) is 0 Å². The predicted octanol–water partition coefficient (Wildman–Crippen LogP) is 17.4. The Morgan fingerprint density at radius 3 is 1.77 bits per heavy atom. The SMILES string of the molecule is C=C/C=C(/C)N=C(C)NC(=C)CC(C)(CC)CCCC(/C=C(/C)C(=C)c1cccc(C(C)(C)C)c1)=C(C)C.CC.CC.CC.CC.CCC(C)CC. The van der Waals surface area contributed by atoms with E-state index < -0.39 is 0 Å². The van der Waals surface area contributed by atoms with E-state index in [4.69, 9.17) is 0 Å². The molecule has 1 atom stereocenters. The van der Waals surface area contributed by atoms with Crippen molar-refractivity contribution in [3.63, 3.8) is 0 Å². The molecule has 2 heteroatoms. The van der Waals surface area contributed by atoms with Gasteiger partial charge in [-0.05, 0) is 111 Å². The zero-order valence-corrected chi connectivity index (χ0v) is 39.1. The van der Waals surface area contributed by atoms with Crippen LogP contribution in [0.4, 0.5) is 0 Å². The standard InChI is InChI=1S/C36H54N2.C6H14.4C2H6/c1-14-18-28(6)37-31(9)38-29(7)25-36(13,15-2)22-17-20-32(26(3)4)23-27(5)30(8)33-19-16-21-34(24-33)35(10,11)12;1-4-6(3)5-2;4*1-2/h14,16,18-19,21,23-24H,1,7-8,15,17,20,22,25H2,2-6,9-13H3,(H,37,38);6H,4-5H2,1-3H3;4*1-2H3/b27-23-,28-18-;;;;;. The third-order valence-electron chi connectivity index (χ3n) is 8.76. The van der Waals surface area contributed by atoms with Crippen LogP contribution >= 0.6 is 0 Å². The average molecular weight is 721 g/mol. The van der Waals surface area contributed by atoms with Crippen LogP contribution in [0.2, 0.25) is 0 Å². The molecule has 0 bridgehead atoms. The van der Waals surface area contributed by atoms with Crippen molar-refractivity contribution in [1.29, 1.82) is 0 Å². The Bertz CT molecular complexity index is 1190. The molecule has 1 aromatic carbocycles. The molecule has 0 aromatic heterocycles. The van der Waals surface area contributed by atoms with Gasteiger partial charge in [0.05, 0.1) is 0 Å². The van der Waals surface area contributed by atoms with Crippen LogP contribution < -0.4 is 5.32 Å². The van der Waals surface area contributed by atoms with Crippen molar-refractivity contribution in [3.8, 4) is 0 Å². The van der Waals surface area contributed by atoms with Crippen LogP contribution in [0.15, 0.2) is 95.3 Å². The summed E-state index contributed by atoms with van der Waals surface area (Å²) in [5.74, 6) is 1.80. The Labute approximate surface area is 329 Å². The first-order valence-corrected chi connectivity index (χ1v) is 20.9. The number of benzene rings is 1. The van der Waals surface area contributed by atoms with Gasteiger partial charge in [0.25, 0.3) is 0 Å². The van der Waals surface area contributed by atoms with E-state index in [9.17, 15) is 0 Å². The Kier molecular flexibility index (Phi) is 39.5. The summed E-state index contributed by atoms with van der Waals surface area (Å²) in [7, 11) is 0. The van der Waals surface area contributed by atoms with E-state index in [2.05, 4.69) is 137 Å². The number of nitrogens with one attached hydrogen (secondary N) is 1. The van der Waals surface area contributed by atoms with Crippen molar-refractivity contribution in [2.75, 3.05) is 0 Å². The van der Waals surface area contributed by atoms with Crippen molar-refractivity contribution < 1.29 is 0 Å². The second kappa shape index (κ2) is 35.2. The zero-order chi connectivity index (χ0) is 42.1. The van der Waals surface area contributed by atoms with Gasteiger partial charge in [-0.15, -0.1) is 0 Å². The molecular formula is C50H92N2. The Hall–Kier alpha value is -2.87. The minimum absolute atomic E-state index is 0.124. The fraction of sp³-hybridized carbons (Fsp3) is 0.620. The highest BCUT2D eigenvalue weighted by Gasteiger charge is 2.23. The summed E-state index contributed by atoms with van der Waals surface area (Å²) < 4.78 is 0. The highest BCUT2D eigenvalue weighted by molar-refractivity contribution is 5.82. The van der Waals surface area contributed by atoms with E-state index in [0.717, 1.165) is 60.8 Å². The lowest BCUT2D eigenvalue weighted by Gasteiger charge is -2.30. The number of hydrogen-bond donors (Lipinski definition) is 1. The zero-order valence-electron chi connectivity index (χ0n) is 39.1. The van der Waals surface area contributed by atoms with Crippen LogP contribution in [-0.4, -0.2) is 5.84 Å². The van der Waals surface area contributed by atoms with Crippen LogP contribution in [0.3, 0.4) is 0 Å². The molecule has 0 aliphatic heterocycles. The van der Waals surface area contributed by atoms with Crippen molar-refractivity contribution >= 4 is 11.4 Å². The fourth-order valence-electron chi connectivity index (χ4n) is 4.92. The molecule has 0 amide bonds. The third kappa shape index (κ3) is 28.7. The van der Waals surface area contributed by atoms with Crippen LogP contribution in [0.5, 0.6) is 0 Å². The second-order valence-electron chi connectivity index (χ2n) is 14.2. The normalized spacial score (nSPS) is 12.2. The molecule has 1 rings (SSSR count). The maximum atomic E-state index is 4.56. The summed E-state index contributed by atoms with van der Waals surface area (Å²) in [5, 5.41) is 3.40. The number of nitrogens with zero attached hydrogens (tertiary/aromatic N) is 1. The summed E-state index contributed by atoms with van der Waals surface area (Å²) in [6, 6.07) is 8.82. The summed E-state index contributed by atoms with van der Waals surface area (Å²) in [6.07, 6.45) is 14.1. The molecule has 52 heavy (non-hydrogen) atoms. The van der Waals surface area contributed by atoms with Crippen LogP contribution in [-0.2, 0) is 5.41 Å². The summed E-state index contributed by atoms with van der Waals surface area (Å²) in [5.41, 5.74) is 9.94. The topological polar surface area (TPSA) is 24.4 Å². The summed E-state index contributed by atoms with van der Waals surface area (Å²) >= 11 is 0. The van der Waals surface area contributed by atoms with Crippen LogP contribution in [0.1, 0.15) is 201 Å². The first kappa shape index (κ1) is 58.4. The quantitative estimate of drug-likeness (QED) is 0.109. The molecule has 0 heterocycles. The van der Waals surface area contributed by atoms with E-state index >= 15 is 0 Å². The van der Waals surface area contributed by atoms with Crippen LogP contribution in [0, 0.1) is 11.3 Å². The molecule has 0 fully saturated rings. The largest absolute Gasteiger partial charge is 0.348 e. The Morgan fingerprint density at radius 1 is 0.846 bits per heavy atom. The van der Waals surface area contributed by atoms with Gasteiger partial charge < -0.3 is 5.32 Å². The highest BCUT2D eigenvalue weighted by atomic mass is 15.0. The molecule has 0 aliphatic carbocycles. The van der Waals surface area contributed by atoms with E-state index in [1.807, 2.05) is 75.3 Å². The van der Waals surface area contributed by atoms with Gasteiger partial charge in [-0.1, -0.05) is 192 Å². The maximum Gasteiger partial charge on any atom is 0.103 e. The van der Waals surface area contributed by atoms with Crippen molar-refractivity contribution in [2.24, 2.45) is 16.3 Å². The number of allylic oxidation sites excluding steroid dienone is 9. The van der Waals surface area contributed by atoms with Crippen molar-refractivity contribution in [3.05, 3.63) is 101 Å². The number of amidine groups is 1. The van der Waals surface area contributed by atoms with Gasteiger partial charge in [0, 0.05) is 11.4 Å². The van der Waals surface area contributed by atoms with Gasteiger partial charge in [0.15, 0.2) is 0 Å². The third-order valence-corrected chi connectivity index (χ3v) is 8.76. The lowest BCUT2D eigenvalue weighted by molar-refractivity contribution is 0.271. The van der Waals surface area contributed by atoms with E-state index in [1.165, 1.54) is 40.7 Å². The average Bonchev–Trinajstić information content (AvgIpc) is 3.13. The van der Waals surface area contributed by atoms with Gasteiger partial charge in [-0.25, -0.2) is 4.99 Å². The summed E-state index contributed by atoms with van der Waals surface area (Å²) in [6.45, 7) is 57.2. The van der Waals surface area contributed by atoms with Gasteiger partial charge in [0.1, 0.15) is 5.84 Å². The van der Waals surface area contributed by atoms with Crippen molar-refractivity contribution in [2.45, 2.75) is 196 Å². The first-order chi connectivity index (χ1) is 24.4. The van der Waals surface area contributed by atoms with E-state index in [0.29, 0.717) is 0 Å². The monoisotopic (exact) mass is 721 g/mol. The molecule has 0 saturated carbocycles. The van der Waals surface area contributed by atoms with Gasteiger partial charge in [-0.3, -0.25) is 0 Å². The highest BCUT2D eigenvalue weighted by Crippen LogP contribution is 2.35. The fourth-order valence-corrected chi connectivity index (χ4v) is 4.92. The molecule has 302 valence electrons. The number of aliphatic imine (C=N–C) groups is 1. The predicted molar refractivity (Wildman–Crippen MR) is 248 cm³/mol. The lowest BCUT2D eigenvalue weighted by Crippen LogP contribution is -2.25. The molecule has 1 aromatic rings. The molecule has 1 N–H and O–H groups in total. The molecule has 0 saturated heterocycles. The number of hydrogen-bond acceptors (Lipinski definition) is 1. The Balaban J connectivity index is -0.000000455. The summed E-state index contributed by atoms with van der Waals surface area (Å²) in [4.78, 5) is 4.56.